The van der Waals surface area contributed by atoms with Gasteiger partial charge in [0.15, 0.2) is 0 Å². The number of rotatable bonds is 3. The lowest BCUT2D eigenvalue weighted by molar-refractivity contribution is -0.0574. The van der Waals surface area contributed by atoms with Gasteiger partial charge in [-0.15, -0.1) is 11.3 Å². The van der Waals surface area contributed by atoms with Crippen molar-refractivity contribution in [1.82, 2.24) is 4.90 Å². The van der Waals surface area contributed by atoms with Gasteiger partial charge in [-0.2, -0.15) is 0 Å². The van der Waals surface area contributed by atoms with Crippen LogP contribution in [0.25, 0.3) is 0 Å². The molecular formula is C15H21F2NS. The average Bonchev–Trinajstić information content (AvgIpc) is 2.96. The molecule has 19 heavy (non-hydrogen) atoms. The molecule has 4 heteroatoms. The Morgan fingerprint density at radius 1 is 1.32 bits per heavy atom. The monoisotopic (exact) mass is 285 g/mol. The molecule has 1 aromatic rings. The first-order valence-electron chi connectivity index (χ1n) is 7.29. The molecule has 0 spiro atoms. The summed E-state index contributed by atoms with van der Waals surface area (Å²) in [6, 6.07) is 4.75. The van der Waals surface area contributed by atoms with Crippen LogP contribution >= 0.6 is 11.3 Å². The van der Waals surface area contributed by atoms with Crippen LogP contribution in [0.2, 0.25) is 0 Å². The maximum absolute atomic E-state index is 13.5. The van der Waals surface area contributed by atoms with Crippen LogP contribution in [-0.2, 0) is 0 Å². The number of halogens is 2. The van der Waals surface area contributed by atoms with E-state index in [1.165, 1.54) is 17.7 Å². The van der Waals surface area contributed by atoms with Crippen LogP contribution in [-0.4, -0.2) is 23.9 Å². The van der Waals surface area contributed by atoms with Crippen molar-refractivity contribution in [3.8, 4) is 0 Å². The molecule has 1 aliphatic heterocycles. The number of likely N-dealkylation sites (tertiary alicyclic amines) is 1. The standard InChI is InChI=1S/C15H21F2NS/c16-15(17)7-1-4-12(10-15)11-18-8-2-5-13(18)14-6-3-9-19-14/h3,6,9,12-13H,1-2,4-5,7-8,10-11H2. The molecule has 0 amide bonds. The molecule has 0 N–H and O–H groups in total. The zero-order valence-corrected chi connectivity index (χ0v) is 12.0. The third-order valence-corrected chi connectivity index (χ3v) is 5.44. The van der Waals surface area contributed by atoms with E-state index in [9.17, 15) is 8.78 Å². The van der Waals surface area contributed by atoms with Gasteiger partial charge < -0.3 is 0 Å². The summed E-state index contributed by atoms with van der Waals surface area (Å²) in [5.41, 5.74) is 0. The van der Waals surface area contributed by atoms with Gasteiger partial charge in [-0.3, -0.25) is 4.90 Å². The van der Waals surface area contributed by atoms with E-state index in [2.05, 4.69) is 22.4 Å². The highest BCUT2D eigenvalue weighted by molar-refractivity contribution is 7.10. The van der Waals surface area contributed by atoms with Crippen molar-refractivity contribution >= 4 is 11.3 Å². The summed E-state index contributed by atoms with van der Waals surface area (Å²) in [5.74, 6) is -2.23. The zero-order valence-electron chi connectivity index (χ0n) is 11.2. The van der Waals surface area contributed by atoms with E-state index in [4.69, 9.17) is 0 Å². The molecule has 0 aromatic carbocycles. The molecule has 2 atom stereocenters. The summed E-state index contributed by atoms with van der Waals surface area (Å²) in [7, 11) is 0. The Morgan fingerprint density at radius 2 is 2.21 bits per heavy atom. The van der Waals surface area contributed by atoms with Gasteiger partial charge in [0, 0.05) is 30.3 Å². The highest BCUT2D eigenvalue weighted by atomic mass is 32.1. The maximum atomic E-state index is 13.5. The minimum atomic E-state index is -2.42. The Hall–Kier alpha value is -0.480. The third kappa shape index (κ3) is 3.16. The predicted octanol–water partition coefficient (Wildman–Crippen LogP) is 4.71. The average molecular weight is 285 g/mol. The van der Waals surface area contributed by atoms with Crippen molar-refractivity contribution in [3.63, 3.8) is 0 Å². The number of hydrogen-bond acceptors (Lipinski definition) is 2. The van der Waals surface area contributed by atoms with E-state index in [1.807, 2.05) is 0 Å². The molecule has 1 aromatic heterocycles. The number of nitrogens with zero attached hydrogens (tertiary/aromatic N) is 1. The lowest BCUT2D eigenvalue weighted by Gasteiger charge is -2.33. The SMILES string of the molecule is FC1(F)CCCC(CN2CCCC2c2cccs2)C1. The second-order valence-electron chi connectivity index (χ2n) is 5.99. The molecule has 3 rings (SSSR count). The van der Waals surface area contributed by atoms with Crippen LogP contribution in [0.1, 0.15) is 49.4 Å². The Bertz CT molecular complexity index is 404. The summed E-state index contributed by atoms with van der Waals surface area (Å²) < 4.78 is 27.0. The second-order valence-corrected chi connectivity index (χ2v) is 6.97. The zero-order chi connectivity index (χ0) is 13.3. The van der Waals surface area contributed by atoms with Gasteiger partial charge in [-0.25, -0.2) is 8.78 Å². The second kappa shape index (κ2) is 5.49. The third-order valence-electron chi connectivity index (χ3n) is 4.47. The van der Waals surface area contributed by atoms with Gasteiger partial charge in [0.2, 0.25) is 5.92 Å². The first-order valence-corrected chi connectivity index (χ1v) is 8.17. The molecule has 1 saturated carbocycles. The largest absolute Gasteiger partial charge is 0.295 e. The molecular weight excluding hydrogens is 264 g/mol. The van der Waals surface area contributed by atoms with Crippen molar-refractivity contribution < 1.29 is 8.78 Å². The molecule has 2 heterocycles. The van der Waals surface area contributed by atoms with Gasteiger partial charge in [0.05, 0.1) is 0 Å². The lowest BCUT2D eigenvalue weighted by Crippen LogP contribution is -2.35. The molecule has 0 bridgehead atoms. The van der Waals surface area contributed by atoms with E-state index in [-0.39, 0.29) is 18.8 Å². The Balaban J connectivity index is 1.62. The van der Waals surface area contributed by atoms with Crippen molar-refractivity contribution in [2.45, 2.75) is 50.5 Å². The van der Waals surface area contributed by atoms with Crippen LogP contribution in [0, 0.1) is 5.92 Å². The van der Waals surface area contributed by atoms with Gasteiger partial charge in [-0.05, 0) is 49.6 Å². The van der Waals surface area contributed by atoms with E-state index in [1.54, 1.807) is 11.3 Å². The molecule has 1 aliphatic carbocycles. The highest BCUT2D eigenvalue weighted by Crippen LogP contribution is 2.40. The van der Waals surface area contributed by atoms with E-state index in [0.717, 1.165) is 19.5 Å². The number of hydrogen-bond donors (Lipinski definition) is 0. The molecule has 2 unspecified atom stereocenters. The smallest absolute Gasteiger partial charge is 0.248 e. The minimum Gasteiger partial charge on any atom is -0.295 e. The Morgan fingerprint density at radius 3 is 2.95 bits per heavy atom. The molecule has 106 valence electrons. The highest BCUT2D eigenvalue weighted by Gasteiger charge is 2.38. The summed E-state index contributed by atoms with van der Waals surface area (Å²) in [6.07, 6.45) is 4.24. The molecule has 2 fully saturated rings. The van der Waals surface area contributed by atoms with Crippen molar-refractivity contribution in [3.05, 3.63) is 22.4 Å². The summed E-state index contributed by atoms with van der Waals surface area (Å²) in [6.45, 7) is 1.93. The predicted molar refractivity (Wildman–Crippen MR) is 74.8 cm³/mol. The van der Waals surface area contributed by atoms with Crippen molar-refractivity contribution in [2.24, 2.45) is 5.92 Å². The first kappa shape index (κ1) is 13.5. The van der Waals surface area contributed by atoms with Gasteiger partial charge in [0.25, 0.3) is 0 Å². The van der Waals surface area contributed by atoms with Crippen LogP contribution in [0.5, 0.6) is 0 Å². The number of thiophene rings is 1. The number of alkyl halides is 2. The molecule has 1 saturated heterocycles. The van der Waals surface area contributed by atoms with E-state index < -0.39 is 5.92 Å². The Labute approximate surface area is 117 Å². The van der Waals surface area contributed by atoms with E-state index in [0.29, 0.717) is 12.5 Å². The van der Waals surface area contributed by atoms with Gasteiger partial charge in [0.1, 0.15) is 0 Å². The van der Waals surface area contributed by atoms with Gasteiger partial charge in [-0.1, -0.05) is 6.07 Å². The molecule has 2 aliphatic rings. The fourth-order valence-corrected chi connectivity index (χ4v) is 4.51. The fraction of sp³-hybridized carbons (Fsp3) is 0.733. The summed E-state index contributed by atoms with van der Waals surface area (Å²) in [5, 5.41) is 2.11. The normalized spacial score (nSPS) is 31.7. The van der Waals surface area contributed by atoms with Crippen LogP contribution < -0.4 is 0 Å². The van der Waals surface area contributed by atoms with Crippen LogP contribution in [0.3, 0.4) is 0 Å². The van der Waals surface area contributed by atoms with E-state index >= 15 is 0 Å². The summed E-state index contributed by atoms with van der Waals surface area (Å²) >= 11 is 1.80. The topological polar surface area (TPSA) is 3.24 Å². The van der Waals surface area contributed by atoms with Gasteiger partial charge >= 0.3 is 0 Å². The van der Waals surface area contributed by atoms with Crippen molar-refractivity contribution in [2.75, 3.05) is 13.1 Å². The minimum absolute atomic E-state index is 0.0951. The van der Waals surface area contributed by atoms with Crippen LogP contribution in [0.4, 0.5) is 8.78 Å². The molecule has 0 radical (unpaired) electrons. The summed E-state index contributed by atoms with van der Waals surface area (Å²) in [4.78, 5) is 3.85. The lowest BCUT2D eigenvalue weighted by atomic mass is 9.86. The first-order chi connectivity index (χ1) is 9.14. The van der Waals surface area contributed by atoms with Crippen molar-refractivity contribution in [1.29, 1.82) is 0 Å². The Kier molecular flexibility index (Phi) is 3.90. The van der Waals surface area contributed by atoms with Crippen LogP contribution in [0.15, 0.2) is 17.5 Å². The molecule has 1 nitrogen and oxygen atoms in total. The fourth-order valence-electron chi connectivity index (χ4n) is 3.61. The maximum Gasteiger partial charge on any atom is 0.248 e. The quantitative estimate of drug-likeness (QED) is 0.777.